The lowest BCUT2D eigenvalue weighted by Gasteiger charge is -2.07. The molecule has 0 bridgehead atoms. The highest BCUT2D eigenvalue weighted by Gasteiger charge is 2.12. The van der Waals surface area contributed by atoms with Crippen molar-refractivity contribution in [2.75, 3.05) is 6.54 Å². The van der Waals surface area contributed by atoms with E-state index in [-0.39, 0.29) is 18.2 Å². The van der Waals surface area contributed by atoms with Crippen molar-refractivity contribution in [1.82, 2.24) is 5.32 Å². The topological polar surface area (TPSA) is 46.2 Å². The summed E-state index contributed by atoms with van der Waals surface area (Å²) in [4.78, 5) is 22.5. The van der Waals surface area contributed by atoms with Gasteiger partial charge in [-0.15, -0.1) is 5.73 Å². The van der Waals surface area contributed by atoms with E-state index in [1.165, 1.54) is 58.3 Å². The number of unbranched alkanes of at least 4 members (excludes halogenated alkanes) is 8. The number of amides is 1. The molecule has 0 aromatic heterocycles. The third-order valence-electron chi connectivity index (χ3n) is 3.66. The number of ketones is 1. The van der Waals surface area contributed by atoms with Crippen molar-refractivity contribution in [2.24, 2.45) is 0 Å². The van der Waals surface area contributed by atoms with Gasteiger partial charge in [0.15, 0.2) is 5.78 Å². The molecule has 0 unspecified atom stereocenters. The second-order valence-corrected chi connectivity index (χ2v) is 6.59. The molecule has 4 heteroatoms. The Labute approximate surface area is 147 Å². The quantitative estimate of drug-likeness (QED) is 0.275. The summed E-state index contributed by atoms with van der Waals surface area (Å²) in [6.07, 6.45) is 15.7. The molecule has 132 valence electrons. The van der Waals surface area contributed by atoms with E-state index in [9.17, 15) is 9.59 Å². The monoisotopic (exact) mass is 339 g/mol. The van der Waals surface area contributed by atoms with Crippen LogP contribution in [0.3, 0.4) is 0 Å². The Morgan fingerprint density at radius 3 is 2.26 bits per heavy atom. The second-order valence-electron chi connectivity index (χ2n) is 5.96. The van der Waals surface area contributed by atoms with Gasteiger partial charge in [-0.25, -0.2) is 0 Å². The van der Waals surface area contributed by atoms with Gasteiger partial charge in [-0.2, -0.15) is 12.6 Å². The number of allylic oxidation sites excluding steroid dienone is 1. The Morgan fingerprint density at radius 1 is 1.04 bits per heavy atom. The third-order valence-corrected chi connectivity index (χ3v) is 4.13. The molecule has 1 atom stereocenters. The van der Waals surface area contributed by atoms with Crippen LogP contribution in [-0.4, -0.2) is 23.5 Å². The lowest BCUT2D eigenvalue weighted by molar-refractivity contribution is -0.119. The lowest BCUT2D eigenvalue weighted by atomic mass is 10.1. The summed E-state index contributed by atoms with van der Waals surface area (Å²) in [5.41, 5.74) is 3.06. The number of hydrogen-bond donors (Lipinski definition) is 2. The number of thiol groups is 1. The standard InChI is InChI=1S/C19H33NO2S/c1-3-4-5-6-7-8-9-10-11-12-13-14-15-18(22)19(23)16-20-17(2)21/h12,14,19,23H,3-11,15-16H2,1-2H3,(H,20,21)/t13?,19-/m0/s1. The van der Waals surface area contributed by atoms with E-state index < -0.39 is 5.25 Å². The molecule has 0 saturated carbocycles. The predicted octanol–water partition coefficient (Wildman–Crippen LogP) is 4.62. The highest BCUT2D eigenvalue weighted by molar-refractivity contribution is 7.81. The molecule has 0 aromatic rings. The zero-order valence-corrected chi connectivity index (χ0v) is 15.7. The molecule has 0 radical (unpaired) electrons. The molecule has 0 rings (SSSR count). The highest BCUT2D eigenvalue weighted by atomic mass is 32.1. The van der Waals surface area contributed by atoms with E-state index in [4.69, 9.17) is 0 Å². The van der Waals surface area contributed by atoms with Gasteiger partial charge in [-0.3, -0.25) is 9.59 Å². The van der Waals surface area contributed by atoms with Crippen LogP contribution in [0.1, 0.15) is 78.1 Å². The number of carbonyl (C=O) groups is 2. The third kappa shape index (κ3) is 15.7. The van der Waals surface area contributed by atoms with Gasteiger partial charge in [0.2, 0.25) is 5.91 Å². The Kier molecular flexibility index (Phi) is 15.2. The molecule has 1 amide bonds. The number of carbonyl (C=O) groups excluding carboxylic acids is 2. The molecular formula is C19H33NO2S. The molecule has 0 spiro atoms. The Hall–Kier alpha value is -0.990. The van der Waals surface area contributed by atoms with Gasteiger partial charge in [-0.05, 0) is 25.0 Å². The minimum Gasteiger partial charge on any atom is -0.355 e. The number of Topliss-reactive ketones (excluding diaryl/α,β-unsaturated/α-hetero) is 1. The average Bonchev–Trinajstić information content (AvgIpc) is 2.53. The Morgan fingerprint density at radius 2 is 1.65 bits per heavy atom. The summed E-state index contributed by atoms with van der Waals surface area (Å²) in [6.45, 7) is 3.96. The van der Waals surface area contributed by atoms with Gasteiger partial charge >= 0.3 is 0 Å². The lowest BCUT2D eigenvalue weighted by Crippen LogP contribution is -2.31. The molecule has 0 aliphatic heterocycles. The first-order valence-electron chi connectivity index (χ1n) is 8.92. The van der Waals surface area contributed by atoms with Crippen LogP contribution in [0.15, 0.2) is 17.9 Å². The van der Waals surface area contributed by atoms with Crippen LogP contribution < -0.4 is 5.32 Å². The van der Waals surface area contributed by atoms with Crippen LogP contribution in [0.2, 0.25) is 0 Å². The van der Waals surface area contributed by atoms with Crippen molar-refractivity contribution in [3.8, 4) is 0 Å². The largest absolute Gasteiger partial charge is 0.355 e. The molecule has 0 aliphatic rings. The van der Waals surface area contributed by atoms with Gasteiger partial charge in [-0.1, -0.05) is 51.9 Å². The first-order valence-corrected chi connectivity index (χ1v) is 9.44. The van der Waals surface area contributed by atoms with Crippen molar-refractivity contribution in [2.45, 2.75) is 83.3 Å². The van der Waals surface area contributed by atoms with Gasteiger partial charge < -0.3 is 5.32 Å². The molecule has 0 saturated heterocycles. The fraction of sp³-hybridized carbons (Fsp3) is 0.737. The van der Waals surface area contributed by atoms with E-state index in [0.717, 1.165) is 6.42 Å². The summed E-state index contributed by atoms with van der Waals surface area (Å²) in [5.74, 6) is -0.132. The maximum atomic E-state index is 11.7. The van der Waals surface area contributed by atoms with E-state index >= 15 is 0 Å². The smallest absolute Gasteiger partial charge is 0.216 e. The van der Waals surface area contributed by atoms with Crippen LogP contribution in [0.4, 0.5) is 0 Å². The minimum absolute atomic E-state index is 0.00932. The number of rotatable bonds is 14. The Bertz CT molecular complexity index is 387. The second kappa shape index (κ2) is 15.9. The highest BCUT2D eigenvalue weighted by Crippen LogP contribution is 2.09. The maximum absolute atomic E-state index is 11.7. The fourth-order valence-electron chi connectivity index (χ4n) is 2.20. The van der Waals surface area contributed by atoms with Crippen LogP contribution in [-0.2, 0) is 9.59 Å². The van der Waals surface area contributed by atoms with E-state index in [0.29, 0.717) is 6.42 Å². The van der Waals surface area contributed by atoms with E-state index in [1.807, 2.05) is 6.08 Å². The van der Waals surface area contributed by atoms with Crippen molar-refractivity contribution >= 4 is 24.3 Å². The fourth-order valence-corrected chi connectivity index (χ4v) is 2.39. The van der Waals surface area contributed by atoms with Crippen LogP contribution in [0, 0.1) is 0 Å². The first-order chi connectivity index (χ1) is 11.1. The van der Waals surface area contributed by atoms with Crippen LogP contribution >= 0.6 is 12.6 Å². The van der Waals surface area contributed by atoms with Crippen LogP contribution in [0.5, 0.6) is 0 Å². The van der Waals surface area contributed by atoms with Gasteiger partial charge in [0.1, 0.15) is 0 Å². The van der Waals surface area contributed by atoms with Crippen LogP contribution in [0.25, 0.3) is 0 Å². The van der Waals surface area contributed by atoms with Crippen molar-refractivity contribution in [3.05, 3.63) is 17.9 Å². The van der Waals surface area contributed by atoms with Gasteiger partial charge in [0.05, 0.1) is 5.25 Å². The summed E-state index contributed by atoms with van der Waals surface area (Å²) >= 11 is 4.19. The van der Waals surface area contributed by atoms with Crippen molar-refractivity contribution < 1.29 is 9.59 Å². The molecule has 1 N–H and O–H groups in total. The molecule has 23 heavy (non-hydrogen) atoms. The maximum Gasteiger partial charge on any atom is 0.216 e. The van der Waals surface area contributed by atoms with E-state index in [1.54, 1.807) is 6.08 Å². The summed E-state index contributed by atoms with van der Waals surface area (Å²) in [5, 5.41) is 2.15. The number of nitrogens with one attached hydrogen (secondary N) is 1. The zero-order valence-electron chi connectivity index (χ0n) is 14.8. The van der Waals surface area contributed by atoms with Gasteiger partial charge in [0, 0.05) is 19.9 Å². The molecule has 0 aromatic carbocycles. The van der Waals surface area contributed by atoms with Crippen molar-refractivity contribution in [1.29, 1.82) is 0 Å². The molecule has 0 heterocycles. The first kappa shape index (κ1) is 22.0. The summed E-state index contributed by atoms with van der Waals surface area (Å²) in [7, 11) is 0. The molecule has 0 aliphatic carbocycles. The number of hydrogen-bond acceptors (Lipinski definition) is 3. The SMILES string of the molecule is CCCCCCCCCCC=C=CCC(=O)[C@@H](S)CNC(C)=O. The molecule has 3 nitrogen and oxygen atoms in total. The molecule has 0 fully saturated rings. The normalized spacial score (nSPS) is 11.4. The van der Waals surface area contributed by atoms with Gasteiger partial charge in [0.25, 0.3) is 0 Å². The summed E-state index contributed by atoms with van der Waals surface area (Å²) in [6, 6.07) is 0. The summed E-state index contributed by atoms with van der Waals surface area (Å²) < 4.78 is 0. The zero-order chi connectivity index (χ0) is 17.3. The Balaban J connectivity index is 3.58. The van der Waals surface area contributed by atoms with Crippen molar-refractivity contribution in [3.63, 3.8) is 0 Å². The minimum atomic E-state index is -0.440. The predicted molar refractivity (Wildman–Crippen MR) is 101 cm³/mol. The molecular weight excluding hydrogens is 306 g/mol. The average molecular weight is 340 g/mol. The van der Waals surface area contributed by atoms with E-state index in [2.05, 4.69) is 30.6 Å².